The summed E-state index contributed by atoms with van der Waals surface area (Å²) in [5.74, 6) is -0.961. The van der Waals surface area contributed by atoms with Gasteiger partial charge < -0.3 is 19.7 Å². The number of thioether (sulfide) groups is 1. The highest BCUT2D eigenvalue weighted by Gasteiger charge is 2.66. The molecule has 2 fully saturated rings. The third-order valence-electron chi connectivity index (χ3n) is 6.46. The summed E-state index contributed by atoms with van der Waals surface area (Å²) in [7, 11) is 0. The monoisotopic (exact) mass is 552 g/mol. The first-order valence-corrected chi connectivity index (χ1v) is 12.8. The molecule has 0 unspecified atom stereocenters. The molecule has 0 spiro atoms. The number of fused-ring (bicyclic) bond motifs is 1. The van der Waals surface area contributed by atoms with Gasteiger partial charge in [0.05, 0.1) is 22.4 Å². The summed E-state index contributed by atoms with van der Waals surface area (Å²) in [4.78, 5) is 50.9. The smallest absolute Gasteiger partial charge is 0.330 e. The van der Waals surface area contributed by atoms with Crippen LogP contribution in [-0.2, 0) is 32.3 Å². The van der Waals surface area contributed by atoms with Crippen molar-refractivity contribution in [1.29, 1.82) is 0 Å². The third kappa shape index (κ3) is 5.41. The molecule has 13 nitrogen and oxygen atoms in total. The highest BCUT2D eigenvalue weighted by molar-refractivity contribution is 8.01. The lowest BCUT2D eigenvalue weighted by Crippen LogP contribution is -2.71. The summed E-state index contributed by atoms with van der Waals surface area (Å²) in [6.45, 7) is 1.70. The molecule has 202 valence electrons. The molecular formula is C25H24N6O7S. The number of hydrogen-bond donors (Lipinski definition) is 1. The van der Waals surface area contributed by atoms with Crippen LogP contribution in [0.5, 0.6) is 5.75 Å². The number of para-hydroxylation sites is 1. The van der Waals surface area contributed by atoms with E-state index in [1.807, 2.05) is 13.0 Å². The first-order valence-electron chi connectivity index (χ1n) is 12.0. The summed E-state index contributed by atoms with van der Waals surface area (Å²) in [5.41, 5.74) is 0.488. The molecule has 2 saturated heterocycles. The summed E-state index contributed by atoms with van der Waals surface area (Å²) < 4.78 is 11.8. The number of ether oxygens (including phenoxy) is 2. The number of rotatable bonds is 10. The van der Waals surface area contributed by atoms with Crippen LogP contribution in [-0.4, -0.2) is 71.4 Å². The van der Waals surface area contributed by atoms with E-state index in [1.165, 1.54) is 47.1 Å². The molecule has 2 aliphatic rings. The maximum atomic E-state index is 13.4. The number of esters is 1. The molecule has 0 bridgehead atoms. The van der Waals surface area contributed by atoms with E-state index in [2.05, 4.69) is 15.6 Å². The molecule has 4 atom stereocenters. The van der Waals surface area contributed by atoms with Gasteiger partial charge in [0.2, 0.25) is 5.91 Å². The molecule has 3 heterocycles. The van der Waals surface area contributed by atoms with Crippen molar-refractivity contribution in [1.82, 2.24) is 25.2 Å². The van der Waals surface area contributed by atoms with Gasteiger partial charge in [-0.25, -0.2) is 4.79 Å². The van der Waals surface area contributed by atoms with Crippen molar-refractivity contribution >= 4 is 35.2 Å². The zero-order valence-electron chi connectivity index (χ0n) is 20.7. The van der Waals surface area contributed by atoms with Gasteiger partial charge in [0.25, 0.3) is 11.6 Å². The number of hydrogen-bond acceptors (Lipinski definition) is 10. The van der Waals surface area contributed by atoms with Crippen LogP contribution in [0.2, 0.25) is 0 Å². The van der Waals surface area contributed by atoms with Crippen molar-refractivity contribution in [3.63, 3.8) is 0 Å². The van der Waals surface area contributed by atoms with Gasteiger partial charge in [-0.3, -0.25) is 24.4 Å². The van der Waals surface area contributed by atoms with E-state index in [1.54, 1.807) is 35.1 Å². The molecule has 39 heavy (non-hydrogen) atoms. The number of nitro benzene ring substituents is 1. The topological polar surface area (TPSA) is 159 Å². The van der Waals surface area contributed by atoms with Crippen molar-refractivity contribution in [2.75, 3.05) is 6.61 Å². The van der Waals surface area contributed by atoms with Crippen molar-refractivity contribution in [2.45, 2.75) is 42.3 Å². The fourth-order valence-electron chi connectivity index (χ4n) is 4.61. The van der Waals surface area contributed by atoms with Crippen LogP contribution in [0.4, 0.5) is 5.69 Å². The van der Waals surface area contributed by atoms with Crippen molar-refractivity contribution < 1.29 is 28.8 Å². The molecular weight excluding hydrogens is 528 g/mol. The van der Waals surface area contributed by atoms with E-state index in [0.717, 1.165) is 0 Å². The molecule has 0 aliphatic carbocycles. The number of nitro groups is 1. The summed E-state index contributed by atoms with van der Waals surface area (Å²) in [6.07, 6.45) is 3.17. The number of amides is 2. The van der Waals surface area contributed by atoms with Gasteiger partial charge in [-0.2, -0.15) is 0 Å². The molecule has 5 rings (SSSR count). The molecule has 2 amide bonds. The predicted octanol–water partition coefficient (Wildman–Crippen LogP) is 1.54. The van der Waals surface area contributed by atoms with Crippen LogP contribution in [0.3, 0.4) is 0 Å². The third-order valence-corrected chi connectivity index (χ3v) is 8.09. The predicted molar refractivity (Wildman–Crippen MR) is 137 cm³/mol. The first kappa shape index (κ1) is 26.2. The van der Waals surface area contributed by atoms with E-state index in [4.69, 9.17) is 9.47 Å². The average Bonchev–Trinajstić information content (AvgIpc) is 3.54. The van der Waals surface area contributed by atoms with Gasteiger partial charge >= 0.3 is 5.97 Å². The number of nitrogens with zero attached hydrogens (tertiary/aromatic N) is 5. The Balaban J connectivity index is 1.27. The molecule has 3 aromatic rings. The Hall–Kier alpha value is -4.46. The standard InChI is InChI=1S/C25H24N6O7S/c1-25(15-29-12-11-26-28-29)21(24(34)38-13-16-7-9-17(10-8-16)31(35)36)30-22(33)20(23(30)39-25)27-19(32)14-37-18-5-3-2-4-6-18/h2-12,20-21,23H,13-15H2,1H3,(H,27,32)/t20-,21+,23-,25+/m1/s1. The highest BCUT2D eigenvalue weighted by atomic mass is 32.2. The normalized spacial score (nSPS) is 23.5. The number of β-lactam (4-membered cyclic amide) rings is 1. The SMILES string of the molecule is C[C@@]1(Cn2ccnn2)S[C@@H]2[C@H](NC(=O)COc3ccccc3)C(=O)N2[C@H]1C(=O)OCc1ccc([N+](=O)[O-])cc1. The molecule has 0 radical (unpaired) electrons. The maximum Gasteiger partial charge on any atom is 0.330 e. The fraction of sp³-hybridized carbons (Fsp3) is 0.320. The minimum absolute atomic E-state index is 0.0750. The minimum atomic E-state index is -0.962. The summed E-state index contributed by atoms with van der Waals surface area (Å²) in [6, 6.07) is 12.7. The summed E-state index contributed by atoms with van der Waals surface area (Å²) >= 11 is 1.38. The van der Waals surface area contributed by atoms with E-state index in [-0.39, 0.29) is 25.4 Å². The van der Waals surface area contributed by atoms with Crippen LogP contribution in [0.15, 0.2) is 67.0 Å². The summed E-state index contributed by atoms with van der Waals surface area (Å²) in [5, 5.41) is 20.9. The Labute approximate surface area is 226 Å². The van der Waals surface area contributed by atoms with Crippen LogP contribution in [0.25, 0.3) is 0 Å². The van der Waals surface area contributed by atoms with E-state index < -0.39 is 44.9 Å². The Morgan fingerprint density at radius 3 is 2.59 bits per heavy atom. The van der Waals surface area contributed by atoms with Gasteiger partial charge in [0.1, 0.15) is 29.8 Å². The second kappa shape index (κ2) is 10.7. The van der Waals surface area contributed by atoms with Crippen molar-refractivity contribution in [3.8, 4) is 5.75 Å². The van der Waals surface area contributed by atoms with Crippen LogP contribution in [0.1, 0.15) is 12.5 Å². The van der Waals surface area contributed by atoms with Crippen LogP contribution < -0.4 is 10.1 Å². The van der Waals surface area contributed by atoms with Gasteiger partial charge in [0, 0.05) is 18.3 Å². The van der Waals surface area contributed by atoms with Crippen molar-refractivity contribution in [2.24, 2.45) is 0 Å². The number of aromatic nitrogens is 3. The maximum absolute atomic E-state index is 13.4. The van der Waals surface area contributed by atoms with E-state index in [9.17, 15) is 24.5 Å². The zero-order chi connectivity index (χ0) is 27.6. The fourth-order valence-corrected chi connectivity index (χ4v) is 6.36. The first-order chi connectivity index (χ1) is 18.7. The Morgan fingerprint density at radius 2 is 1.92 bits per heavy atom. The van der Waals surface area contributed by atoms with E-state index >= 15 is 0 Å². The molecule has 14 heteroatoms. The second-order valence-electron chi connectivity index (χ2n) is 9.25. The zero-order valence-corrected chi connectivity index (χ0v) is 21.5. The number of non-ortho nitro benzene ring substituents is 1. The molecule has 1 N–H and O–H groups in total. The number of carbonyl (C=O) groups is 3. The Kier molecular flexibility index (Phi) is 7.19. The van der Waals surface area contributed by atoms with Gasteiger partial charge in [0.15, 0.2) is 6.61 Å². The largest absolute Gasteiger partial charge is 0.484 e. The molecule has 2 aromatic carbocycles. The second-order valence-corrected chi connectivity index (χ2v) is 10.9. The van der Waals surface area contributed by atoms with Gasteiger partial charge in [-0.1, -0.05) is 23.4 Å². The lowest BCUT2D eigenvalue weighted by molar-refractivity contribution is -0.384. The number of nitrogens with one attached hydrogen (secondary N) is 1. The highest BCUT2D eigenvalue weighted by Crippen LogP contribution is 2.52. The quantitative estimate of drug-likeness (QED) is 0.169. The Bertz CT molecular complexity index is 1370. The lowest BCUT2D eigenvalue weighted by atomic mass is 9.94. The lowest BCUT2D eigenvalue weighted by Gasteiger charge is -2.44. The average molecular weight is 553 g/mol. The molecule has 2 aliphatic heterocycles. The number of benzene rings is 2. The Morgan fingerprint density at radius 1 is 1.18 bits per heavy atom. The molecule has 1 aromatic heterocycles. The van der Waals surface area contributed by atoms with Gasteiger partial charge in [-0.15, -0.1) is 16.9 Å². The van der Waals surface area contributed by atoms with Crippen LogP contribution in [0, 0.1) is 10.1 Å². The van der Waals surface area contributed by atoms with Gasteiger partial charge in [-0.05, 0) is 36.8 Å². The van der Waals surface area contributed by atoms with Crippen molar-refractivity contribution in [3.05, 3.63) is 82.7 Å². The molecule has 0 saturated carbocycles. The minimum Gasteiger partial charge on any atom is -0.484 e. The van der Waals surface area contributed by atoms with E-state index in [0.29, 0.717) is 11.3 Å². The number of carbonyl (C=O) groups excluding carboxylic acids is 3. The van der Waals surface area contributed by atoms with Crippen LogP contribution >= 0.6 is 11.8 Å².